The summed E-state index contributed by atoms with van der Waals surface area (Å²) in [5.41, 5.74) is 1.47. The van der Waals surface area contributed by atoms with E-state index in [1.165, 1.54) is 0 Å². The Hall–Kier alpha value is -1.40. The lowest BCUT2D eigenvalue weighted by Crippen LogP contribution is -2.11. The van der Waals surface area contributed by atoms with Crippen molar-refractivity contribution < 1.29 is 4.74 Å². The average molecular weight is 270 g/mol. The summed E-state index contributed by atoms with van der Waals surface area (Å²) in [5.74, 6) is 0.688. The maximum absolute atomic E-state index is 5.88. The van der Waals surface area contributed by atoms with Gasteiger partial charge in [0.1, 0.15) is 5.52 Å². The monoisotopic (exact) mass is 269 g/mol. The lowest BCUT2D eigenvalue weighted by molar-refractivity contribution is 0.210. The average Bonchev–Trinajstić information content (AvgIpc) is 2.72. The molecule has 0 aromatic carbocycles. The van der Waals surface area contributed by atoms with Gasteiger partial charge in [0.25, 0.3) is 0 Å². The van der Waals surface area contributed by atoms with Crippen LogP contribution in [0.5, 0.6) is 0 Å². The maximum Gasteiger partial charge on any atom is 0.226 e. The zero-order chi connectivity index (χ0) is 13.1. The Labute approximate surface area is 110 Å². The van der Waals surface area contributed by atoms with Gasteiger partial charge in [-0.15, -0.1) is 0 Å². The van der Waals surface area contributed by atoms with Crippen molar-refractivity contribution in [1.82, 2.24) is 19.5 Å². The molecule has 0 radical (unpaired) electrons. The second kappa shape index (κ2) is 5.49. The summed E-state index contributed by atoms with van der Waals surface area (Å²) < 4.78 is 7.02. The van der Waals surface area contributed by atoms with Gasteiger partial charge in [0.15, 0.2) is 11.5 Å². The fourth-order valence-electron chi connectivity index (χ4n) is 1.71. The van der Waals surface area contributed by atoms with Gasteiger partial charge in [-0.25, -0.2) is 4.98 Å². The van der Waals surface area contributed by atoms with Gasteiger partial charge >= 0.3 is 0 Å². The third-order valence-electron chi connectivity index (χ3n) is 2.56. The molecule has 0 amide bonds. The van der Waals surface area contributed by atoms with Crippen molar-refractivity contribution in [2.24, 2.45) is 0 Å². The Morgan fingerprint density at radius 2 is 2.22 bits per heavy atom. The number of halogens is 1. The van der Waals surface area contributed by atoms with E-state index in [-0.39, 0.29) is 11.3 Å². The van der Waals surface area contributed by atoms with E-state index >= 15 is 0 Å². The van der Waals surface area contributed by atoms with Crippen molar-refractivity contribution in [2.75, 3.05) is 25.6 Å². The van der Waals surface area contributed by atoms with Crippen molar-refractivity contribution in [3.63, 3.8) is 0 Å². The van der Waals surface area contributed by atoms with Crippen molar-refractivity contribution in [3.05, 3.63) is 11.6 Å². The summed E-state index contributed by atoms with van der Waals surface area (Å²) in [6.45, 7) is 5.41. The summed E-state index contributed by atoms with van der Waals surface area (Å²) in [4.78, 5) is 12.6. The lowest BCUT2D eigenvalue weighted by Gasteiger charge is -2.12. The molecule has 98 valence electrons. The molecule has 0 unspecified atom stereocenters. The number of hydrogen-bond donors (Lipinski definition) is 1. The van der Waals surface area contributed by atoms with Crippen LogP contribution >= 0.6 is 11.6 Å². The van der Waals surface area contributed by atoms with Gasteiger partial charge in [-0.05, 0) is 25.4 Å². The van der Waals surface area contributed by atoms with E-state index in [1.54, 1.807) is 13.4 Å². The topological polar surface area (TPSA) is 64.9 Å². The Morgan fingerprint density at radius 1 is 1.44 bits per heavy atom. The van der Waals surface area contributed by atoms with E-state index in [4.69, 9.17) is 16.3 Å². The molecule has 0 fully saturated rings. The molecular weight excluding hydrogens is 254 g/mol. The van der Waals surface area contributed by atoms with E-state index in [0.717, 1.165) is 5.52 Å². The van der Waals surface area contributed by atoms with Crippen LogP contribution in [0.2, 0.25) is 5.28 Å². The minimum Gasteiger partial charge on any atom is -0.383 e. The van der Waals surface area contributed by atoms with Crippen molar-refractivity contribution in [1.29, 1.82) is 0 Å². The molecule has 2 rings (SSSR count). The molecule has 0 aliphatic rings. The first-order chi connectivity index (χ1) is 8.63. The molecule has 0 aliphatic heterocycles. The summed E-state index contributed by atoms with van der Waals surface area (Å²) in [6, 6.07) is 0.280. The van der Waals surface area contributed by atoms with Crippen LogP contribution in [-0.4, -0.2) is 39.8 Å². The van der Waals surface area contributed by atoms with Gasteiger partial charge < -0.3 is 14.6 Å². The van der Waals surface area contributed by atoms with Gasteiger partial charge in [0.2, 0.25) is 5.28 Å². The molecule has 0 spiro atoms. The third kappa shape index (κ3) is 2.54. The smallest absolute Gasteiger partial charge is 0.226 e. The van der Waals surface area contributed by atoms with E-state index in [1.807, 2.05) is 4.57 Å². The molecule has 0 atom stereocenters. The highest BCUT2D eigenvalue weighted by Gasteiger charge is 2.14. The van der Waals surface area contributed by atoms with Crippen molar-refractivity contribution in [2.45, 2.75) is 19.9 Å². The fraction of sp³-hybridized carbons (Fsp3) is 0.545. The molecule has 0 saturated carbocycles. The van der Waals surface area contributed by atoms with Gasteiger partial charge in [-0.3, -0.25) is 0 Å². The second-order valence-electron chi connectivity index (χ2n) is 4.18. The minimum atomic E-state index is 0.191. The number of nitrogens with one attached hydrogen (secondary N) is 1. The molecule has 0 aliphatic carbocycles. The highest BCUT2D eigenvalue weighted by Crippen LogP contribution is 2.24. The van der Waals surface area contributed by atoms with Crippen LogP contribution in [0.25, 0.3) is 11.2 Å². The van der Waals surface area contributed by atoms with E-state index in [2.05, 4.69) is 34.1 Å². The van der Waals surface area contributed by atoms with Crippen molar-refractivity contribution in [3.8, 4) is 0 Å². The van der Waals surface area contributed by atoms with Gasteiger partial charge in [0.05, 0.1) is 12.9 Å². The highest BCUT2D eigenvalue weighted by atomic mass is 35.5. The summed E-state index contributed by atoms with van der Waals surface area (Å²) in [6.07, 6.45) is 1.75. The van der Waals surface area contributed by atoms with Crippen molar-refractivity contribution >= 4 is 28.6 Å². The fourth-order valence-corrected chi connectivity index (χ4v) is 1.87. The van der Waals surface area contributed by atoms with Gasteiger partial charge in [-0.2, -0.15) is 9.97 Å². The summed E-state index contributed by atoms with van der Waals surface area (Å²) >= 11 is 5.88. The number of hydrogen-bond acceptors (Lipinski definition) is 5. The number of ether oxygens (including phenoxy) is 1. The summed E-state index contributed by atoms with van der Waals surface area (Å²) in [5, 5.41) is 3.38. The molecule has 2 aromatic rings. The number of nitrogens with zero attached hydrogens (tertiary/aromatic N) is 4. The van der Waals surface area contributed by atoms with E-state index in [9.17, 15) is 0 Å². The van der Waals surface area contributed by atoms with Gasteiger partial charge in [-0.1, -0.05) is 0 Å². The normalized spacial score (nSPS) is 11.4. The Kier molecular flexibility index (Phi) is 3.98. The molecule has 2 aromatic heterocycles. The molecule has 0 saturated heterocycles. The van der Waals surface area contributed by atoms with E-state index in [0.29, 0.717) is 24.6 Å². The van der Waals surface area contributed by atoms with Crippen LogP contribution in [0.3, 0.4) is 0 Å². The zero-order valence-electron chi connectivity index (χ0n) is 10.6. The highest BCUT2D eigenvalue weighted by molar-refractivity contribution is 6.28. The first-order valence-electron chi connectivity index (χ1n) is 5.76. The van der Waals surface area contributed by atoms with Crippen LogP contribution in [-0.2, 0) is 4.74 Å². The van der Waals surface area contributed by atoms with Crippen LogP contribution in [0, 0.1) is 0 Å². The van der Waals surface area contributed by atoms with Crippen LogP contribution < -0.4 is 5.32 Å². The molecule has 18 heavy (non-hydrogen) atoms. The second-order valence-corrected chi connectivity index (χ2v) is 4.52. The molecule has 7 heteroatoms. The Morgan fingerprint density at radius 3 is 2.89 bits per heavy atom. The predicted octanol–water partition coefficient (Wildman–Crippen LogP) is 2.12. The molecule has 1 N–H and O–H groups in total. The Balaban J connectivity index is 2.44. The SMILES string of the molecule is COCCNc1nc(Cl)nc2ncn(C(C)C)c12. The number of rotatable bonds is 5. The number of fused-ring (bicyclic) bond motifs is 1. The zero-order valence-corrected chi connectivity index (χ0v) is 11.4. The molecule has 6 nitrogen and oxygen atoms in total. The first kappa shape index (κ1) is 13.0. The minimum absolute atomic E-state index is 0.191. The largest absolute Gasteiger partial charge is 0.383 e. The number of aromatic nitrogens is 4. The standard InChI is InChI=1S/C11H16ClN5O/c1-7(2)17-6-14-10-8(17)9(13-4-5-18-3)15-11(12)16-10/h6-7H,4-5H2,1-3H3,(H,13,15,16). The number of imidazole rings is 1. The quantitative estimate of drug-likeness (QED) is 0.665. The molecular formula is C11H16ClN5O. The first-order valence-corrected chi connectivity index (χ1v) is 6.14. The molecule has 2 heterocycles. The Bertz CT molecular complexity index is 539. The summed E-state index contributed by atoms with van der Waals surface area (Å²) in [7, 11) is 1.66. The number of methoxy groups -OCH3 is 1. The van der Waals surface area contributed by atoms with Crippen LogP contribution in [0.4, 0.5) is 5.82 Å². The van der Waals surface area contributed by atoms with Crippen LogP contribution in [0.1, 0.15) is 19.9 Å². The molecule has 0 bridgehead atoms. The maximum atomic E-state index is 5.88. The third-order valence-corrected chi connectivity index (χ3v) is 2.72. The predicted molar refractivity (Wildman–Crippen MR) is 71.1 cm³/mol. The van der Waals surface area contributed by atoms with Crippen LogP contribution in [0.15, 0.2) is 6.33 Å². The van der Waals surface area contributed by atoms with Gasteiger partial charge in [0, 0.05) is 19.7 Å². The van der Waals surface area contributed by atoms with E-state index < -0.39 is 0 Å². The lowest BCUT2D eigenvalue weighted by atomic mass is 10.3. The number of anilines is 1.